The molecule has 8 nitrogen and oxygen atoms in total. The summed E-state index contributed by atoms with van der Waals surface area (Å²) < 4.78 is 15.3. The Labute approximate surface area is 133 Å². The first-order valence-electron chi connectivity index (χ1n) is 6.70. The second kappa shape index (κ2) is 6.82. The van der Waals surface area contributed by atoms with Crippen LogP contribution >= 0.6 is 0 Å². The van der Waals surface area contributed by atoms with Crippen molar-refractivity contribution < 1.29 is 19.0 Å². The van der Waals surface area contributed by atoms with Crippen molar-refractivity contribution >= 4 is 17.7 Å². The first-order chi connectivity index (χ1) is 11.0. The Morgan fingerprint density at radius 2 is 1.74 bits per heavy atom. The number of carbonyl (C=O) groups excluding carboxylic acids is 1. The van der Waals surface area contributed by atoms with Crippen LogP contribution in [-0.2, 0) is 11.2 Å². The van der Waals surface area contributed by atoms with Crippen molar-refractivity contribution in [1.82, 2.24) is 9.97 Å². The number of carbonyl (C=O) groups is 1. The zero-order valence-electron chi connectivity index (χ0n) is 13.1. The molecule has 0 bridgehead atoms. The van der Waals surface area contributed by atoms with Crippen molar-refractivity contribution in [3.05, 3.63) is 35.0 Å². The van der Waals surface area contributed by atoms with Gasteiger partial charge in [-0.2, -0.15) is 4.98 Å². The van der Waals surface area contributed by atoms with Gasteiger partial charge in [0.05, 0.1) is 21.3 Å². The third-order valence-electron chi connectivity index (χ3n) is 3.27. The fourth-order valence-corrected chi connectivity index (χ4v) is 2.16. The molecule has 0 saturated heterocycles. The summed E-state index contributed by atoms with van der Waals surface area (Å²) in [6.45, 7) is 0. The van der Waals surface area contributed by atoms with E-state index in [-0.39, 0.29) is 11.5 Å². The molecule has 122 valence electrons. The largest absolute Gasteiger partial charge is 0.496 e. The number of methoxy groups -OCH3 is 3. The Bertz CT molecular complexity index is 708. The zero-order chi connectivity index (χ0) is 17.0. The topological polar surface area (TPSA) is 123 Å². The maximum absolute atomic E-state index is 11.9. The molecule has 1 aromatic heterocycles. The first kappa shape index (κ1) is 16.3. The molecule has 0 unspecified atom stereocenters. The molecule has 0 fully saturated rings. The summed E-state index contributed by atoms with van der Waals surface area (Å²) in [5.41, 5.74) is 13.1. The maximum Gasteiger partial charge on any atom is 0.345 e. The summed E-state index contributed by atoms with van der Waals surface area (Å²) in [7, 11) is 4.22. The zero-order valence-corrected chi connectivity index (χ0v) is 13.1. The summed E-state index contributed by atoms with van der Waals surface area (Å²) in [6, 6.07) is 3.43. The minimum atomic E-state index is -0.541. The van der Waals surface area contributed by atoms with Gasteiger partial charge in [-0.3, -0.25) is 0 Å². The van der Waals surface area contributed by atoms with Crippen molar-refractivity contribution in [3.8, 4) is 11.5 Å². The Balaban J connectivity index is 2.46. The Morgan fingerprint density at radius 3 is 2.22 bits per heavy atom. The van der Waals surface area contributed by atoms with Gasteiger partial charge in [0.1, 0.15) is 22.9 Å². The molecule has 0 atom stereocenters. The van der Waals surface area contributed by atoms with E-state index in [9.17, 15) is 4.79 Å². The molecule has 1 aromatic carbocycles. The summed E-state index contributed by atoms with van der Waals surface area (Å²) in [6.07, 6.45) is 1.99. The third kappa shape index (κ3) is 3.42. The molecular weight excluding hydrogens is 300 g/mol. The van der Waals surface area contributed by atoms with E-state index < -0.39 is 5.97 Å². The third-order valence-corrected chi connectivity index (χ3v) is 3.27. The molecular formula is C15H18N4O4. The molecule has 0 aliphatic carbocycles. The number of nitrogens with two attached hydrogens (primary N) is 2. The molecule has 23 heavy (non-hydrogen) atoms. The summed E-state index contributed by atoms with van der Waals surface area (Å²) in [5.74, 6) is 0.567. The number of esters is 1. The van der Waals surface area contributed by atoms with E-state index >= 15 is 0 Å². The van der Waals surface area contributed by atoms with Crippen LogP contribution in [0.5, 0.6) is 11.5 Å². The lowest BCUT2D eigenvalue weighted by Gasteiger charge is -2.14. The molecule has 2 aromatic rings. The Hall–Kier alpha value is -3.03. The van der Waals surface area contributed by atoms with Crippen LogP contribution in [0.25, 0.3) is 0 Å². The minimum absolute atomic E-state index is 0.113. The lowest BCUT2D eigenvalue weighted by Crippen LogP contribution is -2.08. The second-order valence-electron chi connectivity index (χ2n) is 4.68. The van der Waals surface area contributed by atoms with Gasteiger partial charge in [-0.15, -0.1) is 0 Å². The molecule has 2 rings (SSSR count). The molecule has 4 N–H and O–H groups in total. The van der Waals surface area contributed by atoms with Gasteiger partial charge in [0.15, 0.2) is 0 Å². The average molecular weight is 318 g/mol. The normalized spacial score (nSPS) is 10.2. The number of nitrogen functional groups attached to an aromatic ring is 2. The van der Waals surface area contributed by atoms with Gasteiger partial charge in [0.2, 0.25) is 5.95 Å². The van der Waals surface area contributed by atoms with Crippen molar-refractivity contribution in [2.45, 2.75) is 6.42 Å². The highest BCUT2D eigenvalue weighted by Gasteiger charge is 2.21. The standard InChI is InChI=1S/C15H18N4O4/c1-21-10-5-8(4-9-7-18-15(17)19-13(9)16)6-11(22-2)12(10)14(20)23-3/h5-7H,4H2,1-3H3,(H4,16,17,18,19). The molecule has 0 amide bonds. The molecule has 0 saturated carbocycles. The molecule has 1 heterocycles. The second-order valence-corrected chi connectivity index (χ2v) is 4.68. The van der Waals surface area contributed by atoms with E-state index in [1.807, 2.05) is 0 Å². The Morgan fingerprint density at radius 1 is 1.13 bits per heavy atom. The van der Waals surface area contributed by atoms with Gasteiger partial charge in [-0.25, -0.2) is 9.78 Å². The summed E-state index contributed by atoms with van der Waals surface area (Å²) in [4.78, 5) is 19.8. The number of aromatic nitrogens is 2. The fourth-order valence-electron chi connectivity index (χ4n) is 2.16. The molecule has 0 radical (unpaired) electrons. The fraction of sp³-hybridized carbons (Fsp3) is 0.267. The first-order valence-corrected chi connectivity index (χ1v) is 6.70. The van der Waals surface area contributed by atoms with Crippen LogP contribution < -0.4 is 20.9 Å². The smallest absolute Gasteiger partial charge is 0.345 e. The van der Waals surface area contributed by atoms with Crippen molar-refractivity contribution in [2.75, 3.05) is 32.8 Å². The number of anilines is 2. The minimum Gasteiger partial charge on any atom is -0.496 e. The Kier molecular flexibility index (Phi) is 4.85. The van der Waals surface area contributed by atoms with Crippen LogP contribution in [0.15, 0.2) is 18.3 Å². The van der Waals surface area contributed by atoms with Gasteiger partial charge < -0.3 is 25.7 Å². The van der Waals surface area contributed by atoms with Crippen molar-refractivity contribution in [2.24, 2.45) is 0 Å². The summed E-state index contributed by atoms with van der Waals surface area (Å²) >= 11 is 0. The van der Waals surface area contributed by atoms with Crippen LogP contribution in [0.1, 0.15) is 21.5 Å². The predicted molar refractivity (Wildman–Crippen MR) is 84.5 cm³/mol. The number of rotatable bonds is 5. The maximum atomic E-state index is 11.9. The van der Waals surface area contributed by atoms with E-state index in [4.69, 9.17) is 25.7 Å². The highest BCUT2D eigenvalue weighted by molar-refractivity contribution is 5.95. The van der Waals surface area contributed by atoms with Crippen LogP contribution in [-0.4, -0.2) is 37.3 Å². The monoisotopic (exact) mass is 318 g/mol. The quantitative estimate of drug-likeness (QED) is 0.784. The van der Waals surface area contributed by atoms with Gasteiger partial charge in [-0.05, 0) is 17.7 Å². The van der Waals surface area contributed by atoms with E-state index in [2.05, 4.69) is 9.97 Å². The van der Waals surface area contributed by atoms with Crippen LogP contribution in [0.3, 0.4) is 0 Å². The molecule has 0 spiro atoms. The number of benzene rings is 1. The SMILES string of the molecule is COC(=O)c1c(OC)cc(Cc2cnc(N)nc2N)cc1OC. The van der Waals surface area contributed by atoms with Crippen LogP contribution in [0.2, 0.25) is 0 Å². The number of hydrogen-bond acceptors (Lipinski definition) is 8. The number of nitrogens with zero attached hydrogens (tertiary/aromatic N) is 2. The lowest BCUT2D eigenvalue weighted by atomic mass is 10.0. The van der Waals surface area contributed by atoms with Crippen LogP contribution in [0, 0.1) is 0 Å². The van der Waals surface area contributed by atoms with E-state index in [1.165, 1.54) is 21.3 Å². The molecule has 0 aliphatic rings. The highest BCUT2D eigenvalue weighted by atomic mass is 16.5. The predicted octanol–water partition coefficient (Wildman–Crippen LogP) is 1.04. The van der Waals surface area contributed by atoms with Gasteiger partial charge in [0.25, 0.3) is 0 Å². The van der Waals surface area contributed by atoms with Crippen LogP contribution in [0.4, 0.5) is 11.8 Å². The molecule has 0 aliphatic heterocycles. The van der Waals surface area contributed by atoms with E-state index in [1.54, 1.807) is 18.3 Å². The van der Waals surface area contributed by atoms with E-state index in [0.29, 0.717) is 29.3 Å². The van der Waals surface area contributed by atoms with Gasteiger partial charge in [0, 0.05) is 18.2 Å². The highest BCUT2D eigenvalue weighted by Crippen LogP contribution is 2.32. The summed E-state index contributed by atoms with van der Waals surface area (Å²) in [5, 5.41) is 0. The van der Waals surface area contributed by atoms with Crippen molar-refractivity contribution in [3.63, 3.8) is 0 Å². The van der Waals surface area contributed by atoms with E-state index in [0.717, 1.165) is 5.56 Å². The lowest BCUT2D eigenvalue weighted by molar-refractivity contribution is 0.0593. The van der Waals surface area contributed by atoms with Crippen molar-refractivity contribution in [1.29, 1.82) is 0 Å². The number of hydrogen-bond donors (Lipinski definition) is 2. The number of ether oxygens (including phenoxy) is 3. The molecule has 8 heteroatoms. The van der Waals surface area contributed by atoms with Gasteiger partial charge >= 0.3 is 5.97 Å². The average Bonchev–Trinajstić information content (AvgIpc) is 2.55. The van der Waals surface area contributed by atoms with Gasteiger partial charge in [-0.1, -0.05) is 0 Å².